The first kappa shape index (κ1) is 21.0. The van der Waals surface area contributed by atoms with Gasteiger partial charge in [-0.05, 0) is 38.5 Å². The van der Waals surface area contributed by atoms with Gasteiger partial charge in [-0.25, -0.2) is 13.2 Å². The Kier molecular flexibility index (Phi) is 7.06. The van der Waals surface area contributed by atoms with Gasteiger partial charge >= 0.3 is 5.97 Å². The predicted octanol–water partition coefficient (Wildman–Crippen LogP) is 1.29. The standard InChI is InChI=1S/C18H25NO7S/c1-4-24-15-7-6-13(10-16(15)25-5-2)18(21)26-11-17(20)19(3)14-8-9-27(22,23)12-14/h6-7,10,14H,4-5,8-9,11-12H2,1-3H3/t14-/m0/s1. The molecular weight excluding hydrogens is 374 g/mol. The summed E-state index contributed by atoms with van der Waals surface area (Å²) in [4.78, 5) is 25.8. The summed E-state index contributed by atoms with van der Waals surface area (Å²) >= 11 is 0. The van der Waals surface area contributed by atoms with Crippen LogP contribution in [0.1, 0.15) is 30.6 Å². The molecule has 1 aliphatic heterocycles. The second kappa shape index (κ2) is 9.07. The highest BCUT2D eigenvalue weighted by atomic mass is 32.2. The number of nitrogens with zero attached hydrogens (tertiary/aromatic N) is 1. The van der Waals surface area contributed by atoms with Crippen molar-refractivity contribution in [2.24, 2.45) is 0 Å². The molecule has 1 fully saturated rings. The second-order valence-corrected chi connectivity index (χ2v) is 8.39. The Morgan fingerprint density at radius 1 is 1.15 bits per heavy atom. The molecule has 150 valence electrons. The van der Waals surface area contributed by atoms with Gasteiger partial charge in [-0.2, -0.15) is 0 Å². The Hall–Kier alpha value is -2.29. The van der Waals surface area contributed by atoms with Crippen molar-refractivity contribution in [3.63, 3.8) is 0 Å². The Morgan fingerprint density at radius 3 is 2.41 bits per heavy atom. The summed E-state index contributed by atoms with van der Waals surface area (Å²) in [5.41, 5.74) is 0.237. The van der Waals surface area contributed by atoms with Gasteiger partial charge in [0.1, 0.15) is 0 Å². The molecule has 0 aliphatic carbocycles. The van der Waals surface area contributed by atoms with Crippen LogP contribution in [0, 0.1) is 0 Å². The zero-order valence-electron chi connectivity index (χ0n) is 15.8. The lowest BCUT2D eigenvalue weighted by molar-refractivity contribution is -0.134. The minimum absolute atomic E-state index is 0.0558. The van der Waals surface area contributed by atoms with Crippen molar-refractivity contribution >= 4 is 21.7 Å². The third kappa shape index (κ3) is 5.59. The molecule has 0 unspecified atom stereocenters. The molecule has 1 atom stereocenters. The maximum absolute atomic E-state index is 12.2. The average molecular weight is 399 g/mol. The van der Waals surface area contributed by atoms with Crippen molar-refractivity contribution in [1.29, 1.82) is 0 Å². The Balaban J connectivity index is 1.96. The second-order valence-electron chi connectivity index (χ2n) is 6.17. The van der Waals surface area contributed by atoms with E-state index in [0.29, 0.717) is 31.1 Å². The van der Waals surface area contributed by atoms with Crippen LogP contribution in [0.2, 0.25) is 0 Å². The fourth-order valence-corrected chi connectivity index (χ4v) is 4.55. The highest BCUT2D eigenvalue weighted by Crippen LogP contribution is 2.28. The van der Waals surface area contributed by atoms with Crippen molar-refractivity contribution < 1.29 is 32.2 Å². The van der Waals surface area contributed by atoms with Crippen LogP contribution in [0.15, 0.2) is 18.2 Å². The smallest absolute Gasteiger partial charge is 0.338 e. The number of sulfone groups is 1. The number of ether oxygens (including phenoxy) is 3. The first-order valence-electron chi connectivity index (χ1n) is 8.80. The summed E-state index contributed by atoms with van der Waals surface area (Å²) in [6, 6.07) is 4.28. The summed E-state index contributed by atoms with van der Waals surface area (Å²) in [7, 11) is -1.58. The average Bonchev–Trinajstić information content (AvgIpc) is 3.00. The molecule has 1 heterocycles. The summed E-state index contributed by atoms with van der Waals surface area (Å²) in [5.74, 6) is -0.148. The molecule has 0 bridgehead atoms. The fraction of sp³-hybridized carbons (Fsp3) is 0.556. The van der Waals surface area contributed by atoms with Gasteiger partial charge in [0.2, 0.25) is 0 Å². The molecule has 1 aromatic carbocycles. The highest BCUT2D eigenvalue weighted by Gasteiger charge is 2.33. The van der Waals surface area contributed by atoms with E-state index in [9.17, 15) is 18.0 Å². The number of rotatable bonds is 8. The number of amides is 1. The number of hydrogen-bond acceptors (Lipinski definition) is 7. The van der Waals surface area contributed by atoms with Crippen LogP contribution in [-0.4, -0.2) is 69.6 Å². The SMILES string of the molecule is CCOc1ccc(C(=O)OCC(=O)N(C)[C@H]2CCS(=O)(=O)C2)cc1OCC. The van der Waals surface area contributed by atoms with Crippen molar-refractivity contribution in [3.05, 3.63) is 23.8 Å². The number of carbonyl (C=O) groups excluding carboxylic acids is 2. The minimum atomic E-state index is -3.09. The van der Waals surface area contributed by atoms with E-state index >= 15 is 0 Å². The van der Waals surface area contributed by atoms with E-state index in [-0.39, 0.29) is 23.1 Å². The Bertz CT molecular complexity index is 791. The van der Waals surface area contributed by atoms with E-state index in [1.54, 1.807) is 6.07 Å². The lowest BCUT2D eigenvalue weighted by Crippen LogP contribution is -2.40. The van der Waals surface area contributed by atoms with Gasteiger partial charge in [0, 0.05) is 13.1 Å². The molecule has 9 heteroatoms. The van der Waals surface area contributed by atoms with Crippen LogP contribution in [0.4, 0.5) is 0 Å². The highest BCUT2D eigenvalue weighted by molar-refractivity contribution is 7.91. The molecule has 27 heavy (non-hydrogen) atoms. The molecule has 0 radical (unpaired) electrons. The zero-order chi connectivity index (χ0) is 20.0. The van der Waals surface area contributed by atoms with Crippen LogP contribution in [0.3, 0.4) is 0 Å². The number of hydrogen-bond donors (Lipinski definition) is 0. The van der Waals surface area contributed by atoms with Crippen LogP contribution in [0.5, 0.6) is 11.5 Å². The largest absolute Gasteiger partial charge is 0.490 e. The molecule has 1 aromatic rings. The molecule has 8 nitrogen and oxygen atoms in total. The molecule has 0 N–H and O–H groups in total. The van der Waals surface area contributed by atoms with Crippen LogP contribution < -0.4 is 9.47 Å². The van der Waals surface area contributed by atoms with Gasteiger partial charge in [-0.3, -0.25) is 4.79 Å². The zero-order valence-corrected chi connectivity index (χ0v) is 16.6. The van der Waals surface area contributed by atoms with Crippen LogP contribution in [0.25, 0.3) is 0 Å². The number of likely N-dealkylation sites (N-methyl/N-ethyl adjacent to an activating group) is 1. The van der Waals surface area contributed by atoms with Crippen molar-refractivity contribution in [2.45, 2.75) is 26.3 Å². The minimum Gasteiger partial charge on any atom is -0.490 e. The molecule has 0 saturated carbocycles. The first-order chi connectivity index (χ1) is 12.8. The quantitative estimate of drug-likeness (QED) is 0.607. The van der Waals surface area contributed by atoms with E-state index in [4.69, 9.17) is 14.2 Å². The van der Waals surface area contributed by atoms with E-state index in [1.165, 1.54) is 24.1 Å². The van der Waals surface area contributed by atoms with E-state index in [0.717, 1.165) is 0 Å². The summed E-state index contributed by atoms with van der Waals surface area (Å²) in [6.45, 7) is 4.07. The van der Waals surface area contributed by atoms with Gasteiger partial charge in [0.05, 0.1) is 30.3 Å². The van der Waals surface area contributed by atoms with Crippen LogP contribution in [-0.2, 0) is 19.4 Å². The molecule has 1 amide bonds. The van der Waals surface area contributed by atoms with E-state index < -0.39 is 28.3 Å². The number of benzene rings is 1. The molecular formula is C18H25NO7S. The number of esters is 1. The van der Waals surface area contributed by atoms with Gasteiger partial charge < -0.3 is 19.1 Å². The maximum Gasteiger partial charge on any atom is 0.338 e. The topological polar surface area (TPSA) is 99.2 Å². The molecule has 2 rings (SSSR count). The summed E-state index contributed by atoms with van der Waals surface area (Å²) in [6.07, 6.45) is 0.398. The molecule has 1 aliphatic rings. The maximum atomic E-state index is 12.2. The lowest BCUT2D eigenvalue weighted by atomic mass is 10.2. The van der Waals surface area contributed by atoms with E-state index in [1.807, 2.05) is 13.8 Å². The molecule has 0 aromatic heterocycles. The summed E-state index contributed by atoms with van der Waals surface area (Å²) < 4.78 is 39.1. The normalized spacial score (nSPS) is 18.0. The van der Waals surface area contributed by atoms with Gasteiger partial charge in [-0.15, -0.1) is 0 Å². The predicted molar refractivity (Wildman–Crippen MR) is 98.9 cm³/mol. The molecule has 1 saturated heterocycles. The van der Waals surface area contributed by atoms with Gasteiger partial charge in [0.15, 0.2) is 27.9 Å². The van der Waals surface area contributed by atoms with Crippen LogP contribution >= 0.6 is 0 Å². The molecule has 0 spiro atoms. The van der Waals surface area contributed by atoms with Gasteiger partial charge in [-0.1, -0.05) is 0 Å². The Morgan fingerprint density at radius 2 is 1.81 bits per heavy atom. The third-order valence-corrected chi connectivity index (χ3v) is 6.01. The monoisotopic (exact) mass is 399 g/mol. The van der Waals surface area contributed by atoms with Crippen molar-refractivity contribution in [3.8, 4) is 11.5 Å². The van der Waals surface area contributed by atoms with Crippen molar-refractivity contribution in [2.75, 3.05) is 38.4 Å². The van der Waals surface area contributed by atoms with Gasteiger partial charge in [0.25, 0.3) is 5.91 Å². The fourth-order valence-electron chi connectivity index (χ4n) is 2.77. The van der Waals surface area contributed by atoms with E-state index in [2.05, 4.69) is 0 Å². The first-order valence-corrected chi connectivity index (χ1v) is 10.6. The number of carbonyl (C=O) groups is 2. The third-order valence-electron chi connectivity index (χ3n) is 4.26. The van der Waals surface area contributed by atoms with Crippen molar-refractivity contribution in [1.82, 2.24) is 4.90 Å². The Labute approximate surface area is 159 Å². The summed E-state index contributed by atoms with van der Waals surface area (Å²) in [5, 5.41) is 0. The lowest BCUT2D eigenvalue weighted by Gasteiger charge is -2.23.